The summed E-state index contributed by atoms with van der Waals surface area (Å²) in [4.78, 5) is 23.9. The van der Waals surface area contributed by atoms with Crippen molar-refractivity contribution in [2.24, 2.45) is 11.7 Å². The average Bonchev–Trinajstić information content (AvgIpc) is 2.42. The molecular formula is C11H13I3N2O5. The first-order chi connectivity index (χ1) is 9.65. The van der Waals surface area contributed by atoms with Crippen LogP contribution in [0.15, 0.2) is 18.9 Å². The van der Waals surface area contributed by atoms with Gasteiger partial charge in [0, 0.05) is 13.7 Å². The third kappa shape index (κ3) is 4.20. The molecule has 1 rings (SSSR count). The van der Waals surface area contributed by atoms with Crippen LogP contribution < -0.4 is 11.1 Å². The molecular weight excluding hydrogens is 621 g/mol. The summed E-state index contributed by atoms with van der Waals surface area (Å²) in [6.45, 7) is -0.658. The van der Waals surface area contributed by atoms with Crippen LogP contribution in [-0.2, 0) is 9.59 Å². The number of carboxylic acids is 1. The predicted molar refractivity (Wildman–Crippen MR) is 101 cm³/mol. The van der Waals surface area contributed by atoms with Crippen molar-refractivity contribution in [2.75, 3.05) is 13.2 Å². The highest BCUT2D eigenvalue weighted by molar-refractivity contribution is 14.1. The number of hydrogen-bond donors (Lipinski definition) is 5. The molecule has 1 aliphatic rings. The van der Waals surface area contributed by atoms with Crippen molar-refractivity contribution in [1.29, 1.82) is 0 Å². The molecule has 0 heterocycles. The molecule has 0 aromatic heterocycles. The zero-order chi connectivity index (χ0) is 16.4. The van der Waals surface area contributed by atoms with Crippen LogP contribution in [-0.4, -0.2) is 49.9 Å². The number of rotatable bonds is 5. The van der Waals surface area contributed by atoms with Crippen molar-refractivity contribution in [3.63, 3.8) is 0 Å². The number of aliphatic hydroxyl groups is 2. The van der Waals surface area contributed by atoms with Crippen LogP contribution >= 0.6 is 67.8 Å². The number of hydrogen-bond acceptors (Lipinski definition) is 5. The van der Waals surface area contributed by atoms with E-state index in [1.807, 2.05) is 45.2 Å². The lowest BCUT2D eigenvalue weighted by atomic mass is 9.86. The van der Waals surface area contributed by atoms with Gasteiger partial charge in [-0.05, 0) is 51.3 Å². The van der Waals surface area contributed by atoms with Crippen molar-refractivity contribution < 1.29 is 24.9 Å². The number of allylic oxidation sites excluding steroid dienone is 1. The summed E-state index contributed by atoms with van der Waals surface area (Å²) < 4.78 is -0.442. The topological polar surface area (TPSA) is 133 Å². The summed E-state index contributed by atoms with van der Waals surface area (Å²) in [5, 5.41) is 29.9. The van der Waals surface area contributed by atoms with Crippen molar-refractivity contribution in [3.05, 3.63) is 18.9 Å². The Kier molecular flexibility index (Phi) is 7.14. The van der Waals surface area contributed by atoms with Crippen LogP contribution in [0.4, 0.5) is 0 Å². The van der Waals surface area contributed by atoms with Gasteiger partial charge in [-0.1, -0.05) is 22.6 Å². The Labute approximate surface area is 161 Å². The number of carbonyl (C=O) groups excluding carboxylic acids is 1. The maximum absolute atomic E-state index is 12.3. The molecule has 0 spiro atoms. The number of aliphatic carboxylic acids is 1. The predicted octanol–water partition coefficient (Wildman–Crippen LogP) is 0.268. The van der Waals surface area contributed by atoms with E-state index < -0.39 is 33.9 Å². The summed E-state index contributed by atoms with van der Waals surface area (Å²) in [5.74, 6) is -2.71. The van der Waals surface area contributed by atoms with Crippen molar-refractivity contribution in [1.82, 2.24) is 5.32 Å². The molecule has 10 heteroatoms. The molecule has 0 saturated heterocycles. The average molecular weight is 634 g/mol. The lowest BCUT2D eigenvalue weighted by Gasteiger charge is -2.33. The second-order valence-corrected chi connectivity index (χ2v) is 8.45. The number of carboxylic acid groups (broad SMARTS) is 1. The minimum Gasteiger partial charge on any atom is -0.480 e. The molecule has 0 aromatic rings. The molecule has 118 valence electrons. The minimum atomic E-state index is -1.46. The fourth-order valence-electron chi connectivity index (χ4n) is 1.68. The number of alkyl halides is 1. The fraction of sp³-hybridized carbons (Fsp3) is 0.455. The summed E-state index contributed by atoms with van der Waals surface area (Å²) >= 11 is 5.51. The molecule has 0 aromatic carbocycles. The van der Waals surface area contributed by atoms with Crippen LogP contribution in [0.5, 0.6) is 0 Å². The van der Waals surface area contributed by atoms with Crippen LogP contribution in [0.25, 0.3) is 0 Å². The van der Waals surface area contributed by atoms with Gasteiger partial charge in [0.05, 0.1) is 24.3 Å². The van der Waals surface area contributed by atoms with E-state index in [0.717, 1.165) is 0 Å². The summed E-state index contributed by atoms with van der Waals surface area (Å²) in [6.07, 6.45) is 0.348. The van der Waals surface area contributed by atoms with E-state index in [4.69, 9.17) is 10.8 Å². The minimum absolute atomic E-state index is 0.164. The van der Waals surface area contributed by atoms with Crippen LogP contribution in [0.2, 0.25) is 0 Å². The SMILES string of the molecule is NC1=C(I)C(C(=O)NCC(O)CO)C(I)(C(=O)O)C=C1I. The van der Waals surface area contributed by atoms with Gasteiger partial charge in [0.1, 0.15) is 0 Å². The van der Waals surface area contributed by atoms with E-state index >= 15 is 0 Å². The molecule has 3 atom stereocenters. The van der Waals surface area contributed by atoms with Gasteiger partial charge in [0.2, 0.25) is 5.91 Å². The summed E-state index contributed by atoms with van der Waals surface area (Å²) in [7, 11) is 0. The Morgan fingerprint density at radius 3 is 2.52 bits per heavy atom. The second-order valence-electron chi connectivity index (χ2n) is 4.34. The van der Waals surface area contributed by atoms with Crippen molar-refractivity contribution >= 4 is 79.6 Å². The van der Waals surface area contributed by atoms with Gasteiger partial charge in [-0.2, -0.15) is 0 Å². The highest BCUT2D eigenvalue weighted by atomic mass is 127. The number of nitrogens with two attached hydrogens (primary N) is 1. The normalized spacial score (nSPS) is 27.1. The Morgan fingerprint density at radius 2 is 2.05 bits per heavy atom. The Morgan fingerprint density at radius 1 is 1.48 bits per heavy atom. The standard InChI is InChI=1S/C11H13I3N2O5/c12-5-1-11(14,10(20)21)6(7(13)8(5)15)9(19)16-2-4(18)3-17/h1,4,6,17-18H,2-3,15H2,(H,16,19)(H,20,21). The summed E-state index contributed by atoms with van der Waals surface area (Å²) in [6, 6.07) is 0. The fourth-order valence-corrected chi connectivity index (χ4v) is 6.14. The molecule has 0 saturated carbocycles. The molecule has 1 aliphatic carbocycles. The van der Waals surface area contributed by atoms with Crippen LogP contribution in [0.3, 0.4) is 0 Å². The molecule has 3 unspecified atom stereocenters. The molecule has 0 aliphatic heterocycles. The quantitative estimate of drug-likeness (QED) is 0.218. The van der Waals surface area contributed by atoms with Gasteiger partial charge in [0.25, 0.3) is 0 Å². The number of amides is 1. The Balaban J connectivity index is 3.11. The number of halogens is 3. The third-order valence-electron chi connectivity index (χ3n) is 2.84. The maximum Gasteiger partial charge on any atom is 0.324 e. The molecule has 0 fully saturated rings. The monoisotopic (exact) mass is 634 g/mol. The molecule has 0 bridgehead atoms. The molecule has 1 amide bonds. The van der Waals surface area contributed by atoms with Gasteiger partial charge in [-0.25, -0.2) is 0 Å². The van der Waals surface area contributed by atoms with Gasteiger partial charge in [-0.3, -0.25) is 9.59 Å². The van der Waals surface area contributed by atoms with Crippen LogP contribution in [0.1, 0.15) is 0 Å². The van der Waals surface area contributed by atoms with Crippen molar-refractivity contribution in [2.45, 2.75) is 9.53 Å². The molecule has 7 nitrogen and oxygen atoms in total. The zero-order valence-corrected chi connectivity index (χ0v) is 17.0. The Hall–Kier alpha value is 0.330. The van der Waals surface area contributed by atoms with E-state index in [1.54, 1.807) is 22.6 Å². The van der Waals surface area contributed by atoms with E-state index in [9.17, 15) is 19.8 Å². The lowest BCUT2D eigenvalue weighted by Crippen LogP contribution is -2.50. The zero-order valence-electron chi connectivity index (χ0n) is 10.5. The van der Waals surface area contributed by atoms with E-state index in [0.29, 0.717) is 12.9 Å². The van der Waals surface area contributed by atoms with Gasteiger partial charge in [0.15, 0.2) is 3.42 Å². The highest BCUT2D eigenvalue weighted by Gasteiger charge is 2.50. The second kappa shape index (κ2) is 7.74. The smallest absolute Gasteiger partial charge is 0.324 e. The number of aliphatic hydroxyl groups excluding tert-OH is 2. The number of nitrogens with one attached hydrogen (secondary N) is 1. The molecule has 0 radical (unpaired) electrons. The highest BCUT2D eigenvalue weighted by Crippen LogP contribution is 2.46. The van der Waals surface area contributed by atoms with Gasteiger partial charge < -0.3 is 26.4 Å². The third-order valence-corrected chi connectivity index (χ3v) is 6.33. The van der Waals surface area contributed by atoms with E-state index in [1.165, 1.54) is 6.08 Å². The largest absolute Gasteiger partial charge is 0.480 e. The first kappa shape index (κ1) is 19.4. The molecule has 6 N–H and O–H groups in total. The van der Waals surface area contributed by atoms with E-state index in [-0.39, 0.29) is 6.54 Å². The lowest BCUT2D eigenvalue weighted by molar-refractivity contribution is -0.141. The number of carbonyl (C=O) groups is 2. The Bertz CT molecular complexity index is 522. The first-order valence-corrected chi connectivity index (χ1v) is 8.91. The summed E-state index contributed by atoms with van der Waals surface area (Å²) in [5.41, 5.74) is 6.25. The van der Waals surface area contributed by atoms with Crippen molar-refractivity contribution in [3.8, 4) is 0 Å². The molecule has 21 heavy (non-hydrogen) atoms. The van der Waals surface area contributed by atoms with E-state index in [2.05, 4.69) is 5.32 Å². The van der Waals surface area contributed by atoms with Gasteiger partial charge in [-0.15, -0.1) is 0 Å². The van der Waals surface area contributed by atoms with Gasteiger partial charge >= 0.3 is 5.97 Å². The van der Waals surface area contributed by atoms with Crippen LogP contribution in [0, 0.1) is 5.92 Å². The maximum atomic E-state index is 12.3. The first-order valence-electron chi connectivity index (χ1n) is 5.68.